The quantitative estimate of drug-likeness (QED) is 0.547. The second-order valence-electron chi connectivity index (χ2n) is 1.61. The lowest BCUT2D eigenvalue weighted by Crippen LogP contribution is -1.68. The van der Waals surface area contributed by atoms with Crippen molar-refractivity contribution in [3.05, 3.63) is 23.8 Å². The fraction of sp³-hybridized carbons (Fsp3) is 0. The van der Waals surface area contributed by atoms with E-state index in [-0.39, 0.29) is 0 Å². The van der Waals surface area contributed by atoms with E-state index >= 15 is 0 Å². The van der Waals surface area contributed by atoms with Crippen LogP contribution in [0.15, 0.2) is 17.8 Å². The number of aromatic nitrogens is 2. The number of pyridine rings is 1. The molecular weight excluding hydrogens is 132 g/mol. The monoisotopic (exact) mass is 135 g/mol. The predicted molar refractivity (Wildman–Crippen MR) is 36.3 cm³/mol. The minimum absolute atomic E-state index is 0.933. The number of hydrogen-bond acceptors (Lipinski definition) is 3. The van der Waals surface area contributed by atoms with Crippen LogP contribution in [0.1, 0.15) is 0 Å². The summed E-state index contributed by atoms with van der Waals surface area (Å²) in [6.45, 7) is 0. The first kappa shape index (κ1) is 4.88. The van der Waals surface area contributed by atoms with Crippen molar-refractivity contribution in [2.75, 3.05) is 0 Å². The summed E-state index contributed by atoms with van der Waals surface area (Å²) < 4.78 is 0. The van der Waals surface area contributed by atoms with Gasteiger partial charge in [0.15, 0.2) is 0 Å². The van der Waals surface area contributed by atoms with Gasteiger partial charge in [0.1, 0.15) is 10.3 Å². The molecule has 0 aliphatic rings. The van der Waals surface area contributed by atoms with E-state index in [2.05, 4.69) is 16.0 Å². The molecule has 0 saturated carbocycles. The van der Waals surface area contributed by atoms with Crippen molar-refractivity contribution >= 4 is 21.7 Å². The molecule has 0 saturated heterocycles. The average molecular weight is 135 g/mol. The summed E-state index contributed by atoms with van der Waals surface area (Å²) in [6.07, 6.45) is 1.65. The van der Waals surface area contributed by atoms with Gasteiger partial charge in [0, 0.05) is 12.3 Å². The summed E-state index contributed by atoms with van der Waals surface area (Å²) >= 11 is 1.55. The molecule has 0 bridgehead atoms. The maximum Gasteiger partial charge on any atom is 0.143 e. The summed E-state index contributed by atoms with van der Waals surface area (Å²) in [4.78, 5) is 9.07. The van der Waals surface area contributed by atoms with Crippen molar-refractivity contribution in [1.29, 1.82) is 0 Å². The third-order valence-corrected chi connectivity index (χ3v) is 1.80. The van der Waals surface area contributed by atoms with Crippen LogP contribution < -0.4 is 0 Å². The molecule has 0 aromatic carbocycles. The third kappa shape index (κ3) is 0.695. The van der Waals surface area contributed by atoms with Crippen molar-refractivity contribution in [2.24, 2.45) is 0 Å². The molecule has 0 amide bonds. The standard InChI is InChI=1S/C6H3N2S/c1-2-5-6(7-3-1)9-4-8-5/h2-4H. The molecule has 2 rings (SSSR count). The van der Waals surface area contributed by atoms with Gasteiger partial charge in [-0.15, -0.1) is 11.3 Å². The Morgan fingerprint density at radius 1 is 1.44 bits per heavy atom. The highest BCUT2D eigenvalue weighted by Crippen LogP contribution is 2.11. The highest BCUT2D eigenvalue weighted by Gasteiger charge is 1.91. The molecule has 0 N–H and O–H groups in total. The lowest BCUT2D eigenvalue weighted by Gasteiger charge is -1.79. The van der Waals surface area contributed by atoms with E-state index in [1.54, 1.807) is 23.0 Å². The van der Waals surface area contributed by atoms with Gasteiger partial charge in [-0.05, 0) is 6.07 Å². The SMILES string of the molecule is [c]1cnc2scnc2c1. The van der Waals surface area contributed by atoms with Gasteiger partial charge in [0.25, 0.3) is 0 Å². The van der Waals surface area contributed by atoms with E-state index in [0.717, 1.165) is 10.3 Å². The molecule has 2 aromatic rings. The summed E-state index contributed by atoms with van der Waals surface area (Å²) in [6, 6.07) is 4.69. The van der Waals surface area contributed by atoms with Crippen LogP contribution >= 0.6 is 11.3 Å². The van der Waals surface area contributed by atoms with Gasteiger partial charge in [-0.2, -0.15) is 0 Å². The highest BCUT2D eigenvalue weighted by atomic mass is 32.1. The zero-order valence-corrected chi connectivity index (χ0v) is 5.35. The minimum Gasteiger partial charge on any atom is -0.243 e. The van der Waals surface area contributed by atoms with Crippen LogP contribution in [0.3, 0.4) is 0 Å². The number of hydrogen-bond donors (Lipinski definition) is 0. The molecule has 2 heterocycles. The van der Waals surface area contributed by atoms with Gasteiger partial charge < -0.3 is 0 Å². The molecule has 9 heavy (non-hydrogen) atoms. The molecule has 0 spiro atoms. The first-order valence-electron chi connectivity index (χ1n) is 2.52. The predicted octanol–water partition coefficient (Wildman–Crippen LogP) is 1.49. The van der Waals surface area contributed by atoms with Crippen molar-refractivity contribution < 1.29 is 0 Å². The Hall–Kier alpha value is -0.960. The van der Waals surface area contributed by atoms with Gasteiger partial charge in [0.2, 0.25) is 0 Å². The zero-order chi connectivity index (χ0) is 6.10. The van der Waals surface area contributed by atoms with Crippen LogP contribution in [-0.4, -0.2) is 9.97 Å². The number of fused-ring (bicyclic) bond motifs is 1. The zero-order valence-electron chi connectivity index (χ0n) is 4.53. The Morgan fingerprint density at radius 2 is 2.44 bits per heavy atom. The second-order valence-corrected chi connectivity index (χ2v) is 2.45. The van der Waals surface area contributed by atoms with Gasteiger partial charge in [-0.25, -0.2) is 9.97 Å². The molecule has 0 fully saturated rings. The second kappa shape index (κ2) is 1.77. The van der Waals surface area contributed by atoms with E-state index in [1.165, 1.54) is 0 Å². The van der Waals surface area contributed by atoms with Gasteiger partial charge in [0.05, 0.1) is 5.51 Å². The van der Waals surface area contributed by atoms with Crippen molar-refractivity contribution in [1.82, 2.24) is 9.97 Å². The summed E-state index contributed by atoms with van der Waals surface area (Å²) in [5, 5.41) is 0. The molecular formula is C6H3N2S. The first-order valence-corrected chi connectivity index (χ1v) is 3.40. The highest BCUT2D eigenvalue weighted by molar-refractivity contribution is 7.16. The molecule has 1 radical (unpaired) electrons. The normalized spacial score (nSPS) is 10.2. The smallest absolute Gasteiger partial charge is 0.143 e. The lowest BCUT2D eigenvalue weighted by atomic mass is 10.5. The number of rotatable bonds is 0. The average Bonchev–Trinajstić information content (AvgIpc) is 2.33. The van der Waals surface area contributed by atoms with Crippen molar-refractivity contribution in [3.63, 3.8) is 0 Å². The molecule has 43 valence electrons. The fourth-order valence-corrected chi connectivity index (χ4v) is 1.27. The number of thiazole rings is 1. The Kier molecular flexibility index (Phi) is 0.960. The third-order valence-electron chi connectivity index (χ3n) is 1.05. The van der Waals surface area contributed by atoms with Gasteiger partial charge >= 0.3 is 0 Å². The van der Waals surface area contributed by atoms with Crippen LogP contribution in [0.5, 0.6) is 0 Å². The summed E-state index contributed by atoms with van der Waals surface area (Å²) in [7, 11) is 0. The maximum absolute atomic E-state index is 4.04. The lowest BCUT2D eigenvalue weighted by molar-refractivity contribution is 1.40. The van der Waals surface area contributed by atoms with E-state index in [0.29, 0.717) is 0 Å². The Labute approximate surface area is 56.2 Å². The summed E-state index contributed by atoms with van der Waals surface area (Å²) in [5.41, 5.74) is 2.72. The molecule has 3 heteroatoms. The van der Waals surface area contributed by atoms with E-state index in [4.69, 9.17) is 0 Å². The Bertz CT molecular complexity index is 285. The molecule has 0 aliphatic heterocycles. The largest absolute Gasteiger partial charge is 0.243 e. The van der Waals surface area contributed by atoms with Crippen LogP contribution in [0, 0.1) is 6.07 Å². The molecule has 2 aromatic heterocycles. The van der Waals surface area contributed by atoms with E-state index in [9.17, 15) is 0 Å². The van der Waals surface area contributed by atoms with Crippen LogP contribution in [0.25, 0.3) is 10.3 Å². The first-order chi connectivity index (χ1) is 4.47. The molecule has 2 nitrogen and oxygen atoms in total. The van der Waals surface area contributed by atoms with Crippen LogP contribution in [0.4, 0.5) is 0 Å². The topological polar surface area (TPSA) is 25.8 Å². The molecule has 0 aliphatic carbocycles. The number of nitrogens with zero attached hydrogens (tertiary/aromatic N) is 2. The maximum atomic E-state index is 4.04. The van der Waals surface area contributed by atoms with Crippen LogP contribution in [0.2, 0.25) is 0 Å². The van der Waals surface area contributed by atoms with Gasteiger partial charge in [-0.3, -0.25) is 0 Å². The van der Waals surface area contributed by atoms with E-state index < -0.39 is 0 Å². The van der Waals surface area contributed by atoms with Crippen molar-refractivity contribution in [2.45, 2.75) is 0 Å². The van der Waals surface area contributed by atoms with Crippen LogP contribution in [-0.2, 0) is 0 Å². The van der Waals surface area contributed by atoms with E-state index in [1.807, 2.05) is 6.07 Å². The van der Waals surface area contributed by atoms with Gasteiger partial charge in [-0.1, -0.05) is 0 Å². The molecule has 0 unspecified atom stereocenters. The summed E-state index contributed by atoms with van der Waals surface area (Å²) in [5.74, 6) is 0. The van der Waals surface area contributed by atoms with Crippen molar-refractivity contribution in [3.8, 4) is 0 Å². The Morgan fingerprint density at radius 3 is 3.33 bits per heavy atom. The molecule has 0 atom stereocenters. The fourth-order valence-electron chi connectivity index (χ4n) is 0.656. The minimum atomic E-state index is 0.933. The Balaban J connectivity index is 2.95.